The molecule has 0 aliphatic rings. The Morgan fingerprint density at radius 1 is 1.00 bits per heavy atom. The molecule has 1 aromatic carbocycles. The summed E-state index contributed by atoms with van der Waals surface area (Å²) in [7, 11) is 1.33. The first-order valence-corrected chi connectivity index (χ1v) is 9.27. The highest BCUT2D eigenvalue weighted by molar-refractivity contribution is 6.09. The van der Waals surface area contributed by atoms with Gasteiger partial charge in [-0.3, -0.25) is 10.1 Å². The summed E-state index contributed by atoms with van der Waals surface area (Å²) in [6.45, 7) is 2.00. The van der Waals surface area contributed by atoms with Crippen LogP contribution in [0.4, 0.5) is 0 Å². The molecule has 4 aromatic rings. The molecule has 0 fully saturated rings. The lowest BCUT2D eigenvalue weighted by Gasteiger charge is -2.08. The molecule has 0 bridgehead atoms. The van der Waals surface area contributed by atoms with Crippen molar-refractivity contribution in [2.75, 3.05) is 13.7 Å². The lowest BCUT2D eigenvalue weighted by molar-refractivity contribution is 0.0527. The van der Waals surface area contributed by atoms with Crippen LogP contribution in [0.3, 0.4) is 0 Å². The fourth-order valence-electron chi connectivity index (χ4n) is 3.16. The quantitative estimate of drug-likeness (QED) is 0.508. The van der Waals surface area contributed by atoms with Crippen molar-refractivity contribution in [2.24, 2.45) is 0 Å². The van der Waals surface area contributed by atoms with Gasteiger partial charge in [-0.1, -0.05) is 12.1 Å². The monoisotopic (exact) mass is 402 g/mol. The van der Waals surface area contributed by atoms with E-state index < -0.39 is 11.9 Å². The molecule has 4 rings (SSSR count). The molecule has 0 radical (unpaired) electrons. The second-order valence-corrected chi connectivity index (χ2v) is 6.38. The van der Waals surface area contributed by atoms with E-state index in [4.69, 9.17) is 9.47 Å². The smallest absolute Gasteiger partial charge is 0.339 e. The van der Waals surface area contributed by atoms with Crippen molar-refractivity contribution < 1.29 is 19.1 Å². The van der Waals surface area contributed by atoms with E-state index in [1.807, 2.05) is 12.1 Å². The van der Waals surface area contributed by atoms with Crippen LogP contribution in [-0.4, -0.2) is 45.8 Å². The molecule has 30 heavy (non-hydrogen) atoms. The van der Waals surface area contributed by atoms with E-state index in [1.165, 1.54) is 7.11 Å². The van der Waals surface area contributed by atoms with Crippen LogP contribution in [0.2, 0.25) is 0 Å². The Morgan fingerprint density at radius 2 is 1.73 bits per heavy atom. The van der Waals surface area contributed by atoms with Crippen LogP contribution in [0, 0.1) is 0 Å². The Labute approximate surface area is 171 Å². The van der Waals surface area contributed by atoms with Crippen LogP contribution in [0.5, 0.6) is 0 Å². The molecule has 3 heterocycles. The third-order valence-electron chi connectivity index (χ3n) is 4.59. The average molecular weight is 402 g/mol. The minimum atomic E-state index is -0.464. The number of carbonyl (C=O) groups excluding carboxylic acids is 2. The standard InChI is InChI=1S/C22H18N4O4/c1-3-30-22(28)16-12-17(13-4-6-15(7-5-13)21(27)29-2)24-20-18(16)19(25-26-20)14-8-10-23-11-9-14/h4-12H,3H2,1-2H3,(H,24,25,26). The number of rotatable bonds is 5. The van der Waals surface area contributed by atoms with Gasteiger partial charge in [0.2, 0.25) is 0 Å². The molecule has 3 aromatic heterocycles. The molecule has 0 saturated heterocycles. The fourth-order valence-corrected chi connectivity index (χ4v) is 3.16. The largest absolute Gasteiger partial charge is 0.465 e. The number of fused-ring (bicyclic) bond motifs is 1. The number of esters is 2. The number of pyridine rings is 2. The normalized spacial score (nSPS) is 10.7. The lowest BCUT2D eigenvalue weighted by atomic mass is 10.0. The van der Waals surface area contributed by atoms with E-state index in [0.717, 1.165) is 11.1 Å². The van der Waals surface area contributed by atoms with Gasteiger partial charge < -0.3 is 9.47 Å². The minimum absolute atomic E-state index is 0.244. The molecule has 0 aliphatic carbocycles. The number of benzene rings is 1. The van der Waals surface area contributed by atoms with E-state index in [1.54, 1.807) is 49.6 Å². The number of hydrogen-bond acceptors (Lipinski definition) is 7. The number of nitrogens with zero attached hydrogens (tertiary/aromatic N) is 3. The number of carbonyl (C=O) groups is 2. The van der Waals surface area contributed by atoms with Gasteiger partial charge in [0.1, 0.15) is 0 Å². The van der Waals surface area contributed by atoms with Gasteiger partial charge in [0.05, 0.1) is 41.6 Å². The maximum atomic E-state index is 12.7. The molecule has 0 saturated carbocycles. The maximum absolute atomic E-state index is 12.7. The summed E-state index contributed by atoms with van der Waals surface area (Å²) in [5.41, 5.74) is 3.92. The lowest BCUT2D eigenvalue weighted by Crippen LogP contribution is -2.06. The van der Waals surface area contributed by atoms with E-state index in [-0.39, 0.29) is 6.61 Å². The maximum Gasteiger partial charge on any atom is 0.339 e. The molecule has 8 nitrogen and oxygen atoms in total. The van der Waals surface area contributed by atoms with Crippen molar-refractivity contribution in [1.29, 1.82) is 0 Å². The van der Waals surface area contributed by atoms with Crippen LogP contribution >= 0.6 is 0 Å². The third kappa shape index (κ3) is 3.50. The van der Waals surface area contributed by atoms with Gasteiger partial charge in [-0.2, -0.15) is 5.10 Å². The molecule has 1 N–H and O–H groups in total. The molecule has 0 amide bonds. The highest BCUT2D eigenvalue weighted by Gasteiger charge is 2.21. The first-order chi connectivity index (χ1) is 14.6. The summed E-state index contributed by atoms with van der Waals surface area (Å²) >= 11 is 0. The van der Waals surface area contributed by atoms with Crippen molar-refractivity contribution in [3.8, 4) is 22.5 Å². The van der Waals surface area contributed by atoms with Gasteiger partial charge in [-0.05, 0) is 37.3 Å². The molecule has 0 unspecified atom stereocenters. The van der Waals surface area contributed by atoms with Crippen LogP contribution in [0.1, 0.15) is 27.6 Å². The Kier molecular flexibility index (Phi) is 5.21. The van der Waals surface area contributed by atoms with Crippen LogP contribution in [-0.2, 0) is 9.47 Å². The summed E-state index contributed by atoms with van der Waals surface area (Å²) in [6, 6.07) is 12.1. The first kappa shape index (κ1) is 19.3. The SMILES string of the molecule is CCOC(=O)c1cc(-c2ccc(C(=O)OC)cc2)nc2n[nH]c(-c3ccncc3)c12. The number of methoxy groups -OCH3 is 1. The zero-order valence-corrected chi connectivity index (χ0v) is 16.4. The van der Waals surface area contributed by atoms with Gasteiger partial charge in [0.25, 0.3) is 0 Å². The Morgan fingerprint density at radius 3 is 2.40 bits per heavy atom. The van der Waals surface area contributed by atoms with Gasteiger partial charge >= 0.3 is 11.9 Å². The molecule has 0 spiro atoms. The van der Waals surface area contributed by atoms with E-state index in [0.29, 0.717) is 33.5 Å². The van der Waals surface area contributed by atoms with Gasteiger partial charge in [-0.25, -0.2) is 14.6 Å². The van der Waals surface area contributed by atoms with Gasteiger partial charge in [-0.15, -0.1) is 0 Å². The zero-order valence-electron chi connectivity index (χ0n) is 16.4. The van der Waals surface area contributed by atoms with Crippen molar-refractivity contribution in [3.63, 3.8) is 0 Å². The molecule has 0 atom stereocenters. The third-order valence-corrected chi connectivity index (χ3v) is 4.59. The highest BCUT2D eigenvalue weighted by atomic mass is 16.5. The van der Waals surface area contributed by atoms with Crippen LogP contribution in [0.25, 0.3) is 33.5 Å². The molecule has 8 heteroatoms. The van der Waals surface area contributed by atoms with E-state index >= 15 is 0 Å². The Hall–Kier alpha value is -4.07. The fraction of sp³-hybridized carbons (Fsp3) is 0.136. The second kappa shape index (κ2) is 8.12. The van der Waals surface area contributed by atoms with Crippen LogP contribution in [0.15, 0.2) is 54.9 Å². The molecule has 0 aliphatic heterocycles. The zero-order chi connectivity index (χ0) is 21.1. The molecule has 150 valence electrons. The first-order valence-electron chi connectivity index (χ1n) is 9.27. The minimum Gasteiger partial charge on any atom is -0.465 e. The number of aromatic nitrogens is 4. The van der Waals surface area contributed by atoms with Crippen molar-refractivity contribution in [1.82, 2.24) is 20.2 Å². The van der Waals surface area contributed by atoms with E-state index in [9.17, 15) is 9.59 Å². The number of nitrogens with one attached hydrogen (secondary N) is 1. The summed E-state index contributed by atoms with van der Waals surface area (Å²) in [6.07, 6.45) is 3.33. The van der Waals surface area contributed by atoms with Crippen molar-refractivity contribution in [3.05, 3.63) is 66.0 Å². The molecular formula is C22H18N4O4. The summed E-state index contributed by atoms with van der Waals surface area (Å²) < 4.78 is 10.00. The second-order valence-electron chi connectivity index (χ2n) is 6.38. The van der Waals surface area contributed by atoms with Crippen molar-refractivity contribution in [2.45, 2.75) is 6.92 Å². The number of aromatic amines is 1. The van der Waals surface area contributed by atoms with Gasteiger partial charge in [0, 0.05) is 23.5 Å². The van der Waals surface area contributed by atoms with Crippen molar-refractivity contribution >= 4 is 23.0 Å². The predicted octanol–water partition coefficient (Wildman–Crippen LogP) is 3.65. The molecular weight excluding hydrogens is 384 g/mol. The summed E-state index contributed by atoms with van der Waals surface area (Å²) in [5.74, 6) is -0.888. The Bertz CT molecular complexity index is 1220. The average Bonchev–Trinajstić information content (AvgIpc) is 3.23. The van der Waals surface area contributed by atoms with Gasteiger partial charge in [0.15, 0.2) is 5.65 Å². The summed E-state index contributed by atoms with van der Waals surface area (Å²) in [5, 5.41) is 7.85. The highest BCUT2D eigenvalue weighted by Crippen LogP contribution is 2.31. The number of H-pyrrole nitrogens is 1. The number of ether oxygens (including phenoxy) is 2. The summed E-state index contributed by atoms with van der Waals surface area (Å²) in [4.78, 5) is 33.0. The topological polar surface area (TPSA) is 107 Å². The predicted molar refractivity (Wildman–Crippen MR) is 110 cm³/mol. The number of hydrogen-bond donors (Lipinski definition) is 1. The van der Waals surface area contributed by atoms with Crippen LogP contribution < -0.4 is 0 Å². The Balaban J connectivity index is 1.87. The van der Waals surface area contributed by atoms with E-state index in [2.05, 4.69) is 20.2 Å².